The first-order chi connectivity index (χ1) is 8.76. The number of unbranched alkanes of at least 4 members (excludes halogenated alkanes) is 1. The van der Waals surface area contributed by atoms with Crippen molar-refractivity contribution in [3.05, 3.63) is 34.9 Å². The Morgan fingerprint density at radius 3 is 2.94 bits per heavy atom. The van der Waals surface area contributed by atoms with Crippen LogP contribution in [0, 0.1) is 0 Å². The van der Waals surface area contributed by atoms with Gasteiger partial charge in [0.15, 0.2) is 0 Å². The third-order valence-electron chi connectivity index (χ3n) is 3.07. The highest BCUT2D eigenvalue weighted by Crippen LogP contribution is 2.32. The van der Waals surface area contributed by atoms with Crippen LogP contribution in [0.15, 0.2) is 23.8 Å². The molecule has 0 aromatic heterocycles. The number of carbonyl (C=O) groups is 1. The van der Waals surface area contributed by atoms with Crippen LogP contribution >= 0.6 is 0 Å². The van der Waals surface area contributed by atoms with Crippen LogP contribution in [0.25, 0.3) is 6.08 Å². The molecule has 0 aliphatic heterocycles. The average molecular weight is 246 g/mol. The molecule has 0 fully saturated rings. The molecule has 0 heterocycles. The number of hydrogen-bond donors (Lipinski definition) is 0. The van der Waals surface area contributed by atoms with Gasteiger partial charge in [-0.25, -0.2) is 4.79 Å². The van der Waals surface area contributed by atoms with Crippen LogP contribution < -0.4 is 4.74 Å². The summed E-state index contributed by atoms with van der Waals surface area (Å²) in [5.41, 5.74) is 2.84. The van der Waals surface area contributed by atoms with Crippen molar-refractivity contribution in [2.75, 3.05) is 13.7 Å². The lowest BCUT2D eigenvalue weighted by Crippen LogP contribution is -2.08. The van der Waals surface area contributed by atoms with Gasteiger partial charge in [-0.1, -0.05) is 25.5 Å². The van der Waals surface area contributed by atoms with Crippen molar-refractivity contribution in [2.24, 2.45) is 0 Å². The van der Waals surface area contributed by atoms with Gasteiger partial charge < -0.3 is 9.47 Å². The SMILES string of the molecule is CCCCOC(=O)C1=Cc2c(cccc2OC)C1. The summed E-state index contributed by atoms with van der Waals surface area (Å²) >= 11 is 0. The maximum absolute atomic E-state index is 11.9. The number of rotatable bonds is 5. The Hall–Kier alpha value is -1.77. The summed E-state index contributed by atoms with van der Waals surface area (Å²) in [6.07, 6.45) is 4.45. The van der Waals surface area contributed by atoms with Gasteiger partial charge in [0, 0.05) is 17.6 Å². The number of fused-ring (bicyclic) bond motifs is 1. The molecule has 3 heteroatoms. The third kappa shape index (κ3) is 2.55. The summed E-state index contributed by atoms with van der Waals surface area (Å²) in [5, 5.41) is 0. The first-order valence-corrected chi connectivity index (χ1v) is 6.29. The molecule has 0 spiro atoms. The summed E-state index contributed by atoms with van der Waals surface area (Å²) in [7, 11) is 1.64. The molecule has 0 unspecified atom stereocenters. The molecule has 0 amide bonds. The number of benzene rings is 1. The van der Waals surface area contributed by atoms with E-state index < -0.39 is 0 Å². The first-order valence-electron chi connectivity index (χ1n) is 6.29. The van der Waals surface area contributed by atoms with Gasteiger partial charge in [-0.2, -0.15) is 0 Å². The van der Waals surface area contributed by atoms with Crippen LogP contribution in [0.5, 0.6) is 5.75 Å². The summed E-state index contributed by atoms with van der Waals surface area (Å²) in [6.45, 7) is 2.57. The zero-order chi connectivity index (χ0) is 13.0. The molecular weight excluding hydrogens is 228 g/mol. The molecule has 0 bridgehead atoms. The fourth-order valence-corrected chi connectivity index (χ4v) is 2.05. The van der Waals surface area contributed by atoms with Gasteiger partial charge in [0.1, 0.15) is 5.75 Å². The van der Waals surface area contributed by atoms with E-state index >= 15 is 0 Å². The van der Waals surface area contributed by atoms with Crippen LogP contribution in [-0.2, 0) is 16.0 Å². The molecule has 0 N–H and O–H groups in total. The van der Waals surface area contributed by atoms with E-state index in [2.05, 4.69) is 6.92 Å². The number of esters is 1. The highest BCUT2D eigenvalue weighted by Gasteiger charge is 2.21. The van der Waals surface area contributed by atoms with Crippen molar-refractivity contribution < 1.29 is 14.3 Å². The largest absolute Gasteiger partial charge is 0.496 e. The van der Waals surface area contributed by atoms with E-state index in [0.717, 1.165) is 29.7 Å². The molecular formula is C15H18O3. The minimum absolute atomic E-state index is 0.207. The van der Waals surface area contributed by atoms with Crippen LogP contribution in [0.3, 0.4) is 0 Å². The van der Waals surface area contributed by atoms with Crippen molar-refractivity contribution in [3.8, 4) is 5.75 Å². The molecule has 1 aliphatic carbocycles. The second kappa shape index (κ2) is 5.71. The van der Waals surface area contributed by atoms with Gasteiger partial charge in [0.05, 0.1) is 13.7 Å². The van der Waals surface area contributed by atoms with Crippen LogP contribution in [0.4, 0.5) is 0 Å². The fraction of sp³-hybridized carbons (Fsp3) is 0.400. The second-order valence-corrected chi connectivity index (χ2v) is 4.37. The normalized spacial score (nSPS) is 12.9. The van der Waals surface area contributed by atoms with E-state index in [4.69, 9.17) is 9.47 Å². The predicted molar refractivity (Wildman–Crippen MR) is 70.5 cm³/mol. The zero-order valence-electron chi connectivity index (χ0n) is 10.9. The Morgan fingerprint density at radius 1 is 1.39 bits per heavy atom. The molecule has 3 nitrogen and oxygen atoms in total. The molecule has 0 saturated carbocycles. The Morgan fingerprint density at radius 2 is 2.22 bits per heavy atom. The maximum atomic E-state index is 11.9. The Kier molecular flexibility index (Phi) is 4.03. The van der Waals surface area contributed by atoms with E-state index in [-0.39, 0.29) is 5.97 Å². The van der Waals surface area contributed by atoms with Crippen molar-refractivity contribution >= 4 is 12.0 Å². The molecule has 2 rings (SSSR count). The molecule has 0 radical (unpaired) electrons. The summed E-state index contributed by atoms with van der Waals surface area (Å²) in [4.78, 5) is 11.9. The van der Waals surface area contributed by atoms with Crippen molar-refractivity contribution in [3.63, 3.8) is 0 Å². The molecule has 1 aromatic rings. The third-order valence-corrected chi connectivity index (χ3v) is 3.07. The standard InChI is InChI=1S/C15H18O3/c1-3-4-8-18-15(16)12-9-11-6-5-7-14(17-2)13(11)10-12/h5-7,10H,3-4,8-9H2,1-2H3. The van der Waals surface area contributed by atoms with Gasteiger partial charge in [0.2, 0.25) is 0 Å². The lowest BCUT2D eigenvalue weighted by Gasteiger charge is -2.04. The van der Waals surface area contributed by atoms with Gasteiger partial charge in [0.25, 0.3) is 0 Å². The smallest absolute Gasteiger partial charge is 0.334 e. The summed E-state index contributed by atoms with van der Waals surface area (Å²) in [6, 6.07) is 5.86. The van der Waals surface area contributed by atoms with Gasteiger partial charge in [-0.05, 0) is 24.1 Å². The van der Waals surface area contributed by atoms with Crippen LogP contribution in [0.1, 0.15) is 30.9 Å². The van der Waals surface area contributed by atoms with Crippen molar-refractivity contribution in [2.45, 2.75) is 26.2 Å². The van der Waals surface area contributed by atoms with Crippen LogP contribution in [-0.4, -0.2) is 19.7 Å². The Balaban J connectivity index is 2.08. The van der Waals surface area contributed by atoms with Gasteiger partial charge >= 0.3 is 5.97 Å². The monoisotopic (exact) mass is 246 g/mol. The number of methoxy groups -OCH3 is 1. The number of carbonyl (C=O) groups excluding carboxylic acids is 1. The fourth-order valence-electron chi connectivity index (χ4n) is 2.05. The summed E-state index contributed by atoms with van der Waals surface area (Å²) in [5.74, 6) is 0.602. The van der Waals surface area contributed by atoms with E-state index in [1.807, 2.05) is 24.3 Å². The maximum Gasteiger partial charge on any atom is 0.334 e. The Labute approximate surface area is 107 Å². The second-order valence-electron chi connectivity index (χ2n) is 4.37. The van der Waals surface area contributed by atoms with E-state index in [1.54, 1.807) is 7.11 Å². The molecule has 96 valence electrons. The van der Waals surface area contributed by atoms with Gasteiger partial charge in [-0.15, -0.1) is 0 Å². The van der Waals surface area contributed by atoms with E-state index in [1.165, 1.54) is 0 Å². The number of ether oxygens (including phenoxy) is 2. The van der Waals surface area contributed by atoms with E-state index in [0.29, 0.717) is 18.6 Å². The average Bonchev–Trinajstić information content (AvgIpc) is 2.82. The van der Waals surface area contributed by atoms with E-state index in [9.17, 15) is 4.79 Å². The zero-order valence-corrected chi connectivity index (χ0v) is 10.9. The van der Waals surface area contributed by atoms with Crippen molar-refractivity contribution in [1.82, 2.24) is 0 Å². The van der Waals surface area contributed by atoms with Crippen LogP contribution in [0.2, 0.25) is 0 Å². The topological polar surface area (TPSA) is 35.5 Å². The lowest BCUT2D eigenvalue weighted by atomic mass is 10.1. The minimum Gasteiger partial charge on any atom is -0.496 e. The molecule has 0 atom stereocenters. The number of hydrogen-bond acceptors (Lipinski definition) is 3. The minimum atomic E-state index is -0.207. The predicted octanol–water partition coefficient (Wildman–Crippen LogP) is 2.98. The quantitative estimate of drug-likeness (QED) is 0.592. The molecule has 1 aromatic carbocycles. The summed E-state index contributed by atoms with van der Waals surface area (Å²) < 4.78 is 10.5. The lowest BCUT2D eigenvalue weighted by molar-refractivity contribution is -0.139. The van der Waals surface area contributed by atoms with Gasteiger partial charge in [-0.3, -0.25) is 0 Å². The molecule has 0 saturated heterocycles. The highest BCUT2D eigenvalue weighted by molar-refractivity contribution is 5.97. The Bertz CT molecular complexity index is 475. The van der Waals surface area contributed by atoms with Crippen molar-refractivity contribution in [1.29, 1.82) is 0 Å². The highest BCUT2D eigenvalue weighted by atomic mass is 16.5. The molecule has 1 aliphatic rings. The first kappa shape index (κ1) is 12.7. The molecule has 18 heavy (non-hydrogen) atoms.